The summed E-state index contributed by atoms with van der Waals surface area (Å²) in [7, 11) is 0. The van der Waals surface area contributed by atoms with Crippen molar-refractivity contribution in [3.63, 3.8) is 0 Å². The fourth-order valence-electron chi connectivity index (χ4n) is 2.34. The summed E-state index contributed by atoms with van der Waals surface area (Å²) >= 11 is 5.93. The summed E-state index contributed by atoms with van der Waals surface area (Å²) in [6.45, 7) is 2.50. The predicted octanol–water partition coefficient (Wildman–Crippen LogP) is 2.58. The molecule has 2 amide bonds. The second-order valence-corrected chi connectivity index (χ2v) is 5.80. The van der Waals surface area contributed by atoms with Crippen LogP contribution in [0, 0.1) is 0 Å². The highest BCUT2D eigenvalue weighted by molar-refractivity contribution is 6.31. The lowest BCUT2D eigenvalue weighted by atomic mass is 10.1. The van der Waals surface area contributed by atoms with Crippen molar-refractivity contribution in [3.05, 3.63) is 34.9 Å². The van der Waals surface area contributed by atoms with E-state index in [2.05, 4.69) is 10.5 Å². The molecule has 1 heterocycles. The van der Waals surface area contributed by atoms with Crippen LogP contribution in [0.3, 0.4) is 0 Å². The van der Waals surface area contributed by atoms with Crippen LogP contribution in [0.25, 0.3) is 0 Å². The van der Waals surface area contributed by atoms with Gasteiger partial charge in [-0.05, 0) is 37.5 Å². The van der Waals surface area contributed by atoms with Gasteiger partial charge in [0.15, 0.2) is 0 Å². The molecule has 1 fully saturated rings. The van der Waals surface area contributed by atoms with Crippen molar-refractivity contribution in [3.8, 4) is 0 Å². The summed E-state index contributed by atoms with van der Waals surface area (Å²) < 4.78 is 0. The number of nitrogens with one attached hydrogen (secondary N) is 1. The van der Waals surface area contributed by atoms with Gasteiger partial charge in [-0.15, -0.1) is 0 Å². The van der Waals surface area contributed by atoms with Crippen LogP contribution in [0.5, 0.6) is 0 Å². The van der Waals surface area contributed by atoms with Gasteiger partial charge >= 0.3 is 0 Å². The van der Waals surface area contributed by atoms with Crippen LogP contribution in [-0.4, -0.2) is 35.5 Å². The summed E-state index contributed by atoms with van der Waals surface area (Å²) in [6.07, 6.45) is 3.42. The Bertz CT molecular complexity index is 587. The second kappa shape index (κ2) is 7.94. The maximum absolute atomic E-state index is 11.9. The molecule has 6 heteroatoms. The van der Waals surface area contributed by atoms with Crippen molar-refractivity contribution >= 4 is 29.1 Å². The molecule has 1 saturated heterocycles. The quantitative estimate of drug-likeness (QED) is 0.684. The molecule has 0 saturated carbocycles. The van der Waals surface area contributed by atoms with Gasteiger partial charge < -0.3 is 4.90 Å². The smallest absolute Gasteiger partial charge is 0.259 e. The number of hydrogen-bond donors (Lipinski definition) is 1. The highest BCUT2D eigenvalue weighted by Gasteiger charge is 2.18. The standard InChI is InChI=1S/C16H20ClN3O2/c1-12(13-6-5-7-14(17)10-13)18-19-15(21)11-20-9-4-2-3-8-16(20)22/h5-7,10H,2-4,8-9,11H2,1H3,(H,19,21)/b18-12-. The summed E-state index contributed by atoms with van der Waals surface area (Å²) in [5.74, 6) is -0.236. The van der Waals surface area contributed by atoms with Gasteiger partial charge in [-0.3, -0.25) is 9.59 Å². The van der Waals surface area contributed by atoms with E-state index in [0.717, 1.165) is 24.8 Å². The topological polar surface area (TPSA) is 61.8 Å². The zero-order chi connectivity index (χ0) is 15.9. The molecule has 0 aliphatic carbocycles. The van der Waals surface area contributed by atoms with Crippen molar-refractivity contribution in [2.24, 2.45) is 5.10 Å². The predicted molar refractivity (Wildman–Crippen MR) is 86.9 cm³/mol. The van der Waals surface area contributed by atoms with E-state index in [0.29, 0.717) is 23.7 Å². The summed E-state index contributed by atoms with van der Waals surface area (Å²) in [4.78, 5) is 25.4. The van der Waals surface area contributed by atoms with Crippen molar-refractivity contribution in [1.29, 1.82) is 0 Å². The van der Waals surface area contributed by atoms with E-state index in [-0.39, 0.29) is 18.4 Å². The van der Waals surface area contributed by atoms with Crippen LogP contribution in [0.1, 0.15) is 38.2 Å². The molecule has 1 aliphatic heterocycles. The second-order valence-electron chi connectivity index (χ2n) is 5.37. The lowest BCUT2D eigenvalue weighted by molar-refractivity contribution is -0.135. The molecule has 0 unspecified atom stereocenters. The monoisotopic (exact) mass is 321 g/mol. The van der Waals surface area contributed by atoms with Gasteiger partial charge in [0.2, 0.25) is 5.91 Å². The first kappa shape index (κ1) is 16.5. The van der Waals surface area contributed by atoms with E-state index in [1.807, 2.05) is 12.1 Å². The molecule has 5 nitrogen and oxygen atoms in total. The summed E-state index contributed by atoms with van der Waals surface area (Å²) in [5, 5.41) is 4.69. The lowest BCUT2D eigenvalue weighted by Gasteiger charge is -2.19. The molecular formula is C16H20ClN3O2. The van der Waals surface area contributed by atoms with Crippen LogP contribution in [0.15, 0.2) is 29.4 Å². The highest BCUT2D eigenvalue weighted by Crippen LogP contribution is 2.12. The van der Waals surface area contributed by atoms with Crippen molar-refractivity contribution in [2.75, 3.05) is 13.1 Å². The van der Waals surface area contributed by atoms with Gasteiger partial charge in [-0.2, -0.15) is 5.10 Å². The van der Waals surface area contributed by atoms with E-state index in [9.17, 15) is 9.59 Å². The Labute approximate surface area is 135 Å². The van der Waals surface area contributed by atoms with Crippen LogP contribution < -0.4 is 5.43 Å². The van der Waals surface area contributed by atoms with E-state index in [1.54, 1.807) is 24.0 Å². The highest BCUT2D eigenvalue weighted by atomic mass is 35.5. The van der Waals surface area contributed by atoms with Gasteiger partial charge in [-0.25, -0.2) is 5.43 Å². The molecule has 1 aromatic carbocycles. The first-order valence-corrected chi connectivity index (χ1v) is 7.81. The maximum Gasteiger partial charge on any atom is 0.259 e. The normalized spacial score (nSPS) is 16.4. The van der Waals surface area contributed by atoms with Crippen molar-refractivity contribution < 1.29 is 9.59 Å². The molecule has 0 bridgehead atoms. The third-order valence-electron chi connectivity index (χ3n) is 3.60. The molecule has 118 valence electrons. The average Bonchev–Trinajstić information content (AvgIpc) is 2.70. The Balaban J connectivity index is 1.91. The van der Waals surface area contributed by atoms with E-state index in [1.165, 1.54) is 0 Å². The minimum atomic E-state index is -0.281. The molecule has 0 spiro atoms. The van der Waals surface area contributed by atoms with Gasteiger partial charge in [0, 0.05) is 18.0 Å². The molecule has 1 aliphatic rings. The fraction of sp³-hybridized carbons (Fsp3) is 0.438. The number of carbonyl (C=O) groups excluding carboxylic acids is 2. The Morgan fingerprint density at radius 1 is 1.36 bits per heavy atom. The molecule has 2 rings (SSSR count). The molecule has 0 atom stereocenters. The summed E-state index contributed by atoms with van der Waals surface area (Å²) in [6, 6.07) is 7.26. The van der Waals surface area contributed by atoms with Crippen LogP contribution in [0.2, 0.25) is 5.02 Å². The number of likely N-dealkylation sites (tertiary alicyclic amines) is 1. The zero-order valence-corrected chi connectivity index (χ0v) is 13.4. The number of nitrogens with zero attached hydrogens (tertiary/aromatic N) is 2. The van der Waals surface area contributed by atoms with E-state index >= 15 is 0 Å². The number of halogens is 1. The maximum atomic E-state index is 11.9. The molecule has 22 heavy (non-hydrogen) atoms. The van der Waals surface area contributed by atoms with Crippen molar-refractivity contribution in [2.45, 2.75) is 32.6 Å². The molecule has 1 aromatic rings. The molecule has 0 radical (unpaired) electrons. The van der Waals surface area contributed by atoms with Gasteiger partial charge in [0.1, 0.15) is 6.54 Å². The molecule has 1 N–H and O–H groups in total. The summed E-state index contributed by atoms with van der Waals surface area (Å²) in [5.41, 5.74) is 4.01. The average molecular weight is 322 g/mol. The van der Waals surface area contributed by atoms with Crippen LogP contribution >= 0.6 is 11.6 Å². The number of benzene rings is 1. The Morgan fingerprint density at radius 2 is 2.18 bits per heavy atom. The molecule has 0 aromatic heterocycles. The first-order valence-electron chi connectivity index (χ1n) is 7.43. The van der Waals surface area contributed by atoms with Gasteiger partial charge in [0.25, 0.3) is 5.91 Å². The van der Waals surface area contributed by atoms with Gasteiger partial charge in [-0.1, -0.05) is 30.2 Å². The zero-order valence-electron chi connectivity index (χ0n) is 12.6. The first-order chi connectivity index (χ1) is 10.6. The number of carbonyl (C=O) groups is 2. The van der Waals surface area contributed by atoms with E-state index in [4.69, 9.17) is 11.6 Å². The van der Waals surface area contributed by atoms with Crippen LogP contribution in [-0.2, 0) is 9.59 Å². The number of hydrazone groups is 1. The number of hydrogen-bond acceptors (Lipinski definition) is 3. The van der Waals surface area contributed by atoms with Crippen molar-refractivity contribution in [1.82, 2.24) is 10.3 Å². The minimum Gasteiger partial charge on any atom is -0.333 e. The number of amides is 2. The Morgan fingerprint density at radius 3 is 2.95 bits per heavy atom. The minimum absolute atomic E-state index is 0.0446. The van der Waals surface area contributed by atoms with Crippen LogP contribution in [0.4, 0.5) is 0 Å². The Hall–Kier alpha value is -1.88. The fourth-order valence-corrected chi connectivity index (χ4v) is 2.53. The number of rotatable bonds is 4. The third-order valence-corrected chi connectivity index (χ3v) is 3.83. The molecular weight excluding hydrogens is 302 g/mol. The largest absolute Gasteiger partial charge is 0.333 e. The SMILES string of the molecule is C/C(=N/NC(=O)CN1CCCCCC1=O)c1cccc(Cl)c1. The third kappa shape index (κ3) is 4.84. The van der Waals surface area contributed by atoms with Gasteiger partial charge in [0.05, 0.1) is 5.71 Å². The lowest BCUT2D eigenvalue weighted by Crippen LogP contribution is -2.39. The van der Waals surface area contributed by atoms with E-state index < -0.39 is 0 Å². The Kier molecular flexibility index (Phi) is 5.95.